The first kappa shape index (κ1) is 20.6. The average molecular weight is 379 g/mol. The van der Waals surface area contributed by atoms with Gasteiger partial charge in [0.05, 0.1) is 17.7 Å². The summed E-state index contributed by atoms with van der Waals surface area (Å²) in [6.45, 7) is 3.35. The van der Waals surface area contributed by atoms with Gasteiger partial charge >= 0.3 is 5.97 Å². The smallest absolute Gasteiger partial charge is 0.338 e. The van der Waals surface area contributed by atoms with Crippen molar-refractivity contribution in [3.05, 3.63) is 65.7 Å². The molecule has 0 aliphatic rings. The molecular weight excluding hydrogens is 358 g/mol. The SMILES string of the molecule is C[C@H](OC(=O)c1ccc(NC(=O)CC#N)cc1)C(=O)N[C@H](C)c1ccccc1. The zero-order chi connectivity index (χ0) is 20.5. The van der Waals surface area contributed by atoms with Gasteiger partial charge < -0.3 is 15.4 Å². The number of nitrogens with zero attached hydrogens (tertiary/aromatic N) is 1. The predicted octanol–water partition coefficient (Wildman–Crippen LogP) is 2.96. The van der Waals surface area contributed by atoms with E-state index in [0.29, 0.717) is 5.69 Å². The lowest BCUT2D eigenvalue weighted by Gasteiger charge is -2.18. The molecule has 2 rings (SSSR count). The van der Waals surface area contributed by atoms with Crippen molar-refractivity contribution in [1.82, 2.24) is 5.32 Å². The third kappa shape index (κ3) is 5.95. The van der Waals surface area contributed by atoms with Crippen LogP contribution in [0.4, 0.5) is 5.69 Å². The number of ether oxygens (including phenoxy) is 1. The van der Waals surface area contributed by atoms with Gasteiger partial charge in [0.2, 0.25) is 5.91 Å². The molecule has 0 aliphatic heterocycles. The topological polar surface area (TPSA) is 108 Å². The minimum atomic E-state index is -0.964. The zero-order valence-electron chi connectivity index (χ0n) is 15.6. The molecule has 0 heterocycles. The van der Waals surface area contributed by atoms with Crippen molar-refractivity contribution in [3.8, 4) is 6.07 Å². The van der Waals surface area contributed by atoms with Crippen LogP contribution in [0.3, 0.4) is 0 Å². The molecule has 0 bridgehead atoms. The highest BCUT2D eigenvalue weighted by Gasteiger charge is 2.20. The maximum Gasteiger partial charge on any atom is 0.338 e. The van der Waals surface area contributed by atoms with E-state index in [1.165, 1.54) is 31.2 Å². The Labute approximate surface area is 163 Å². The van der Waals surface area contributed by atoms with Gasteiger partial charge in [0.25, 0.3) is 5.91 Å². The lowest BCUT2D eigenvalue weighted by molar-refractivity contribution is -0.129. The highest BCUT2D eigenvalue weighted by atomic mass is 16.5. The Morgan fingerprint density at radius 2 is 1.68 bits per heavy atom. The minimum absolute atomic E-state index is 0.217. The summed E-state index contributed by atoms with van der Waals surface area (Å²) in [6, 6.07) is 17.0. The van der Waals surface area contributed by atoms with Crippen LogP contribution >= 0.6 is 0 Å². The zero-order valence-corrected chi connectivity index (χ0v) is 15.6. The first-order chi connectivity index (χ1) is 13.4. The van der Waals surface area contributed by atoms with Gasteiger partial charge in [0.15, 0.2) is 6.10 Å². The Hall–Kier alpha value is -3.66. The van der Waals surface area contributed by atoms with Gasteiger partial charge in [-0.1, -0.05) is 30.3 Å². The summed E-state index contributed by atoms with van der Waals surface area (Å²) >= 11 is 0. The van der Waals surface area contributed by atoms with Crippen LogP contribution in [0.25, 0.3) is 0 Å². The molecular formula is C21H21N3O4. The fraction of sp³-hybridized carbons (Fsp3) is 0.238. The van der Waals surface area contributed by atoms with Crippen LogP contribution in [0.1, 0.15) is 42.2 Å². The van der Waals surface area contributed by atoms with Crippen LogP contribution in [0, 0.1) is 11.3 Å². The van der Waals surface area contributed by atoms with Gasteiger partial charge in [-0.2, -0.15) is 5.26 Å². The van der Waals surface area contributed by atoms with Crippen LogP contribution in [0.2, 0.25) is 0 Å². The van der Waals surface area contributed by atoms with Crippen molar-refractivity contribution in [2.45, 2.75) is 32.4 Å². The number of nitriles is 1. The minimum Gasteiger partial charge on any atom is -0.449 e. The normalized spacial score (nSPS) is 12.2. The quantitative estimate of drug-likeness (QED) is 0.719. The number of rotatable bonds is 7. The van der Waals surface area contributed by atoms with Crippen molar-refractivity contribution in [3.63, 3.8) is 0 Å². The lowest BCUT2D eigenvalue weighted by Crippen LogP contribution is -2.37. The second-order valence-electron chi connectivity index (χ2n) is 6.15. The Bertz CT molecular complexity index is 873. The fourth-order valence-electron chi connectivity index (χ4n) is 2.40. The molecule has 0 saturated heterocycles. The van der Waals surface area contributed by atoms with E-state index in [9.17, 15) is 14.4 Å². The molecule has 2 amide bonds. The van der Waals surface area contributed by atoms with Crippen LogP contribution in [-0.2, 0) is 14.3 Å². The van der Waals surface area contributed by atoms with E-state index in [1.807, 2.05) is 37.3 Å². The molecule has 7 heteroatoms. The number of anilines is 1. The molecule has 2 N–H and O–H groups in total. The van der Waals surface area contributed by atoms with Gasteiger partial charge in [-0.3, -0.25) is 9.59 Å². The molecule has 0 aromatic heterocycles. The molecule has 2 aromatic carbocycles. The third-order valence-electron chi connectivity index (χ3n) is 3.96. The molecule has 7 nitrogen and oxygen atoms in total. The summed E-state index contributed by atoms with van der Waals surface area (Å²) in [6.07, 6.45) is -1.22. The molecule has 2 atom stereocenters. The molecule has 0 unspecified atom stereocenters. The summed E-state index contributed by atoms with van der Waals surface area (Å²) in [5.41, 5.74) is 1.65. The number of hydrogen-bond donors (Lipinski definition) is 2. The lowest BCUT2D eigenvalue weighted by atomic mass is 10.1. The molecule has 0 fully saturated rings. The Morgan fingerprint density at radius 3 is 2.29 bits per heavy atom. The van der Waals surface area contributed by atoms with Crippen LogP contribution < -0.4 is 10.6 Å². The van der Waals surface area contributed by atoms with Crippen molar-refractivity contribution in [2.75, 3.05) is 5.32 Å². The van der Waals surface area contributed by atoms with Gasteiger partial charge in [0.1, 0.15) is 6.42 Å². The van der Waals surface area contributed by atoms with Crippen LogP contribution in [-0.4, -0.2) is 23.9 Å². The van der Waals surface area contributed by atoms with Crippen LogP contribution in [0.5, 0.6) is 0 Å². The van der Waals surface area contributed by atoms with E-state index in [4.69, 9.17) is 10.00 Å². The van der Waals surface area contributed by atoms with E-state index < -0.39 is 23.9 Å². The maximum atomic E-state index is 12.3. The summed E-state index contributed by atoms with van der Waals surface area (Å²) < 4.78 is 5.21. The van der Waals surface area contributed by atoms with Gasteiger partial charge in [-0.05, 0) is 43.7 Å². The van der Waals surface area contributed by atoms with E-state index in [1.54, 1.807) is 6.07 Å². The number of amides is 2. The second kappa shape index (κ2) is 9.88. The fourth-order valence-corrected chi connectivity index (χ4v) is 2.40. The maximum absolute atomic E-state index is 12.3. The highest BCUT2D eigenvalue weighted by Crippen LogP contribution is 2.14. The summed E-state index contributed by atoms with van der Waals surface area (Å²) in [4.78, 5) is 35.9. The largest absolute Gasteiger partial charge is 0.449 e. The predicted molar refractivity (Wildman–Crippen MR) is 103 cm³/mol. The average Bonchev–Trinajstić information content (AvgIpc) is 2.69. The standard InChI is InChI=1S/C21H21N3O4/c1-14(16-6-4-3-5-7-16)23-20(26)15(2)28-21(27)17-8-10-18(11-9-17)24-19(25)12-13-22/h3-11,14-15H,12H2,1-2H3,(H,23,26)(H,24,25)/t14-,15+/m1/s1. The van der Waals surface area contributed by atoms with E-state index in [2.05, 4.69) is 10.6 Å². The number of benzene rings is 2. The van der Waals surface area contributed by atoms with E-state index in [0.717, 1.165) is 5.56 Å². The molecule has 28 heavy (non-hydrogen) atoms. The Morgan fingerprint density at radius 1 is 1.04 bits per heavy atom. The second-order valence-corrected chi connectivity index (χ2v) is 6.15. The summed E-state index contributed by atoms with van der Waals surface area (Å²) in [5.74, 6) is -1.48. The highest BCUT2D eigenvalue weighted by molar-refractivity contribution is 5.94. The Balaban J connectivity index is 1.90. The van der Waals surface area contributed by atoms with Crippen molar-refractivity contribution in [1.29, 1.82) is 5.26 Å². The first-order valence-corrected chi connectivity index (χ1v) is 8.74. The van der Waals surface area contributed by atoms with Gasteiger partial charge in [-0.15, -0.1) is 0 Å². The number of carbonyl (C=O) groups is 3. The molecule has 2 aromatic rings. The molecule has 0 spiro atoms. The van der Waals surface area contributed by atoms with Crippen molar-refractivity contribution in [2.24, 2.45) is 0 Å². The Kier molecular flexibility index (Phi) is 7.28. The van der Waals surface area contributed by atoms with Crippen molar-refractivity contribution < 1.29 is 19.1 Å². The summed E-state index contributed by atoms with van der Waals surface area (Å²) in [5, 5.41) is 13.8. The summed E-state index contributed by atoms with van der Waals surface area (Å²) in [7, 11) is 0. The first-order valence-electron chi connectivity index (χ1n) is 8.74. The third-order valence-corrected chi connectivity index (χ3v) is 3.96. The van der Waals surface area contributed by atoms with Gasteiger partial charge in [-0.25, -0.2) is 4.79 Å². The van der Waals surface area contributed by atoms with Crippen LogP contribution in [0.15, 0.2) is 54.6 Å². The molecule has 144 valence electrons. The monoisotopic (exact) mass is 379 g/mol. The number of nitrogens with one attached hydrogen (secondary N) is 2. The van der Waals surface area contributed by atoms with Crippen molar-refractivity contribution >= 4 is 23.5 Å². The van der Waals surface area contributed by atoms with E-state index >= 15 is 0 Å². The molecule has 0 saturated carbocycles. The van der Waals surface area contributed by atoms with Gasteiger partial charge in [0, 0.05) is 5.69 Å². The molecule has 0 radical (unpaired) electrons. The number of carbonyl (C=O) groups excluding carboxylic acids is 3. The molecule has 0 aliphatic carbocycles. The number of esters is 1. The number of hydrogen-bond acceptors (Lipinski definition) is 5. The van der Waals surface area contributed by atoms with E-state index in [-0.39, 0.29) is 18.0 Å².